The average molecular weight is 382 g/mol. The molecule has 8 nitrogen and oxygen atoms in total. The summed E-state index contributed by atoms with van der Waals surface area (Å²) in [4.78, 5) is 8.81. The summed E-state index contributed by atoms with van der Waals surface area (Å²) in [5.74, 6) is 1.45. The highest BCUT2D eigenvalue weighted by molar-refractivity contribution is 7.90. The average Bonchev–Trinajstić information content (AvgIpc) is 3.15. The summed E-state index contributed by atoms with van der Waals surface area (Å²) in [5, 5.41) is 4.62. The van der Waals surface area contributed by atoms with E-state index in [9.17, 15) is 8.42 Å². The molecule has 2 aliphatic heterocycles. The number of sulfonamides is 1. The number of anilines is 1. The maximum absolute atomic E-state index is 12.3. The fourth-order valence-corrected chi connectivity index (χ4v) is 4.88. The topological polar surface area (TPSA) is 83.2 Å². The van der Waals surface area contributed by atoms with Gasteiger partial charge in [0.15, 0.2) is 11.5 Å². The fraction of sp³-hybridized carbons (Fsp3) is 0.278. The van der Waals surface area contributed by atoms with Crippen LogP contribution in [0.3, 0.4) is 0 Å². The summed E-state index contributed by atoms with van der Waals surface area (Å²) in [6.45, 7) is 3.04. The van der Waals surface area contributed by atoms with Gasteiger partial charge in [-0.2, -0.15) is 8.42 Å². The van der Waals surface area contributed by atoms with Gasteiger partial charge in [0, 0.05) is 44.1 Å². The van der Waals surface area contributed by atoms with E-state index in [4.69, 9.17) is 0 Å². The van der Waals surface area contributed by atoms with Crippen molar-refractivity contribution in [1.82, 2.24) is 19.5 Å². The van der Waals surface area contributed by atoms with Gasteiger partial charge in [-0.1, -0.05) is 12.1 Å². The molecule has 2 aliphatic rings. The van der Waals surface area contributed by atoms with Crippen molar-refractivity contribution in [2.24, 2.45) is 4.40 Å². The molecule has 1 fully saturated rings. The van der Waals surface area contributed by atoms with Crippen molar-refractivity contribution in [3.63, 3.8) is 0 Å². The largest absolute Gasteiger partial charge is 0.354 e. The third kappa shape index (κ3) is 2.74. The molecular formula is C18H18N6O2S. The Kier molecular flexibility index (Phi) is 3.64. The van der Waals surface area contributed by atoms with Gasteiger partial charge in [0.25, 0.3) is 10.0 Å². The zero-order valence-electron chi connectivity index (χ0n) is 14.6. The number of benzene rings is 1. The van der Waals surface area contributed by atoms with E-state index in [-0.39, 0.29) is 0 Å². The maximum atomic E-state index is 12.3. The van der Waals surface area contributed by atoms with Crippen molar-refractivity contribution < 1.29 is 8.42 Å². The molecule has 27 heavy (non-hydrogen) atoms. The third-order valence-corrected chi connectivity index (χ3v) is 6.30. The van der Waals surface area contributed by atoms with Crippen LogP contribution in [0.15, 0.2) is 58.1 Å². The molecule has 0 amide bonds. The second-order valence-electron chi connectivity index (χ2n) is 6.64. The van der Waals surface area contributed by atoms with Crippen molar-refractivity contribution in [2.45, 2.75) is 11.3 Å². The van der Waals surface area contributed by atoms with Crippen molar-refractivity contribution in [3.05, 3.63) is 54.4 Å². The van der Waals surface area contributed by atoms with Crippen LogP contribution in [0.25, 0.3) is 5.65 Å². The molecule has 0 spiro atoms. The van der Waals surface area contributed by atoms with E-state index in [1.807, 2.05) is 30.5 Å². The number of nitrogens with zero attached hydrogens (tertiary/aromatic N) is 6. The van der Waals surface area contributed by atoms with Gasteiger partial charge in [-0.25, -0.2) is 9.50 Å². The van der Waals surface area contributed by atoms with Crippen molar-refractivity contribution in [3.8, 4) is 0 Å². The normalized spacial score (nSPS) is 19.0. The number of hydrogen-bond donors (Lipinski definition) is 0. The first kappa shape index (κ1) is 16.2. The van der Waals surface area contributed by atoms with E-state index in [2.05, 4.69) is 24.3 Å². The third-order valence-electron chi connectivity index (χ3n) is 4.97. The van der Waals surface area contributed by atoms with Crippen LogP contribution in [-0.2, 0) is 10.0 Å². The molecule has 1 saturated heterocycles. The van der Waals surface area contributed by atoms with Crippen LogP contribution in [0.4, 0.5) is 5.82 Å². The Morgan fingerprint density at radius 1 is 0.926 bits per heavy atom. The van der Waals surface area contributed by atoms with Crippen LogP contribution in [0.1, 0.15) is 12.0 Å². The van der Waals surface area contributed by atoms with E-state index in [1.165, 1.54) is 0 Å². The molecule has 0 radical (unpaired) electrons. The molecule has 0 atom stereocenters. The zero-order valence-corrected chi connectivity index (χ0v) is 15.4. The SMILES string of the molecule is O=S1(=O)N=C(N2CCCN(c3ccc4nccn4n3)CC2)c2ccccc21. The Bertz CT molecular complexity index is 1150. The van der Waals surface area contributed by atoms with Gasteiger partial charge >= 0.3 is 0 Å². The smallest absolute Gasteiger partial charge is 0.285 e. The minimum Gasteiger partial charge on any atom is -0.354 e. The molecule has 0 saturated carbocycles. The highest BCUT2D eigenvalue weighted by Crippen LogP contribution is 2.28. The molecular weight excluding hydrogens is 364 g/mol. The molecule has 4 heterocycles. The van der Waals surface area contributed by atoms with Crippen molar-refractivity contribution >= 4 is 27.3 Å². The van der Waals surface area contributed by atoms with Gasteiger partial charge in [-0.05, 0) is 30.7 Å². The zero-order chi connectivity index (χ0) is 18.4. The lowest BCUT2D eigenvalue weighted by Crippen LogP contribution is -2.35. The number of hydrogen-bond acceptors (Lipinski definition) is 6. The highest BCUT2D eigenvalue weighted by Gasteiger charge is 2.32. The van der Waals surface area contributed by atoms with Crippen LogP contribution >= 0.6 is 0 Å². The molecule has 2 aromatic heterocycles. The van der Waals surface area contributed by atoms with Gasteiger partial charge < -0.3 is 9.80 Å². The quantitative estimate of drug-likeness (QED) is 0.633. The predicted octanol–water partition coefficient (Wildman–Crippen LogP) is 1.39. The summed E-state index contributed by atoms with van der Waals surface area (Å²) in [5.41, 5.74) is 1.52. The minimum atomic E-state index is -3.59. The van der Waals surface area contributed by atoms with Crippen LogP contribution in [0, 0.1) is 0 Å². The van der Waals surface area contributed by atoms with Crippen LogP contribution in [0.5, 0.6) is 0 Å². The fourth-order valence-electron chi connectivity index (χ4n) is 3.65. The molecule has 138 valence electrons. The van der Waals surface area contributed by atoms with Gasteiger partial charge in [0.1, 0.15) is 10.7 Å². The Hall–Kier alpha value is -2.94. The van der Waals surface area contributed by atoms with Gasteiger partial charge in [0.2, 0.25) is 0 Å². The Labute approximate surface area is 156 Å². The lowest BCUT2D eigenvalue weighted by atomic mass is 10.2. The first-order valence-electron chi connectivity index (χ1n) is 8.86. The lowest BCUT2D eigenvalue weighted by Gasteiger charge is -2.23. The lowest BCUT2D eigenvalue weighted by molar-refractivity contribution is 0.449. The highest BCUT2D eigenvalue weighted by atomic mass is 32.2. The molecule has 9 heteroatoms. The molecule has 0 aliphatic carbocycles. The monoisotopic (exact) mass is 382 g/mol. The van der Waals surface area contributed by atoms with Crippen molar-refractivity contribution in [2.75, 3.05) is 31.1 Å². The summed E-state index contributed by atoms with van der Waals surface area (Å²) in [6.07, 6.45) is 4.45. The van der Waals surface area contributed by atoms with Crippen LogP contribution in [-0.4, -0.2) is 59.9 Å². The molecule has 3 aromatic rings. The molecule has 0 N–H and O–H groups in total. The van der Waals surface area contributed by atoms with Gasteiger partial charge in [0.05, 0.1) is 0 Å². The summed E-state index contributed by atoms with van der Waals surface area (Å²) in [7, 11) is -3.59. The van der Waals surface area contributed by atoms with Gasteiger partial charge in [-0.3, -0.25) is 0 Å². The standard InChI is InChI=1S/C18H18N6O2S/c25-27(26)15-5-2-1-4-14(15)18(21-27)23-10-3-9-22(12-13-23)17-7-6-16-19-8-11-24(16)20-17/h1-2,4-8,11H,3,9-10,12-13H2. The van der Waals surface area contributed by atoms with E-state index < -0.39 is 10.0 Å². The van der Waals surface area contributed by atoms with E-state index in [1.54, 1.807) is 22.8 Å². The minimum absolute atomic E-state index is 0.299. The number of imidazole rings is 1. The molecule has 1 aromatic carbocycles. The second-order valence-corrected chi connectivity index (χ2v) is 8.21. The molecule has 5 rings (SSSR count). The van der Waals surface area contributed by atoms with Gasteiger partial charge in [-0.15, -0.1) is 9.50 Å². The van der Waals surface area contributed by atoms with E-state index in [0.717, 1.165) is 37.5 Å². The summed E-state index contributed by atoms with van der Waals surface area (Å²) >= 11 is 0. The van der Waals surface area contributed by atoms with Crippen LogP contribution in [0.2, 0.25) is 0 Å². The molecule has 0 unspecified atom stereocenters. The van der Waals surface area contributed by atoms with E-state index >= 15 is 0 Å². The number of aromatic nitrogens is 3. The van der Waals surface area contributed by atoms with Crippen molar-refractivity contribution in [1.29, 1.82) is 0 Å². The summed E-state index contributed by atoms with van der Waals surface area (Å²) in [6, 6.07) is 11.0. The Morgan fingerprint density at radius 2 is 1.74 bits per heavy atom. The second kappa shape index (κ2) is 6.05. The predicted molar refractivity (Wildman–Crippen MR) is 102 cm³/mol. The number of fused-ring (bicyclic) bond motifs is 2. The van der Waals surface area contributed by atoms with E-state index in [0.29, 0.717) is 22.8 Å². The summed E-state index contributed by atoms with van der Waals surface area (Å²) < 4.78 is 30.5. The Balaban J connectivity index is 1.40. The van der Waals surface area contributed by atoms with Crippen LogP contribution < -0.4 is 4.90 Å². The first-order valence-corrected chi connectivity index (χ1v) is 10.3. The maximum Gasteiger partial charge on any atom is 0.285 e. The number of rotatable bonds is 1. The Morgan fingerprint density at radius 3 is 2.67 bits per heavy atom. The molecule has 0 bridgehead atoms. The first-order chi connectivity index (χ1) is 13.1. The number of amidine groups is 1.